The number of benzene rings is 1. The summed E-state index contributed by atoms with van der Waals surface area (Å²) in [5, 5.41) is 2.99. The number of pyridine rings is 1. The smallest absolute Gasteiger partial charge is 0.409 e. The molecule has 1 aliphatic rings. The minimum atomic E-state index is -0.269. The summed E-state index contributed by atoms with van der Waals surface area (Å²) in [7, 11) is 0. The van der Waals surface area contributed by atoms with Gasteiger partial charge in [-0.1, -0.05) is 30.3 Å². The van der Waals surface area contributed by atoms with Gasteiger partial charge < -0.3 is 19.9 Å². The molecule has 148 valence electrons. The molecule has 3 rings (SSSR count). The quantitative estimate of drug-likeness (QED) is 0.861. The van der Waals surface area contributed by atoms with Crippen LogP contribution in [-0.4, -0.2) is 54.7 Å². The number of amides is 2. The number of ether oxygens (including phenoxy) is 1. The fraction of sp³-hybridized carbons (Fsp3) is 0.381. The molecule has 1 aliphatic heterocycles. The van der Waals surface area contributed by atoms with Gasteiger partial charge in [-0.3, -0.25) is 4.79 Å². The normalized spacial score (nSPS) is 15.1. The summed E-state index contributed by atoms with van der Waals surface area (Å²) in [6.45, 7) is 6.70. The fourth-order valence-electron chi connectivity index (χ4n) is 3.15. The van der Waals surface area contributed by atoms with Crippen molar-refractivity contribution in [2.75, 3.05) is 37.7 Å². The fourth-order valence-corrected chi connectivity index (χ4v) is 3.15. The standard InChI is InChI=1S/C21H26N4O3/c1-3-28-21(27)25-13-11-24(12-14-25)19-10-9-18(15-22-19)20(26)23-16(2)17-7-5-4-6-8-17/h4-10,15-16H,3,11-14H2,1-2H3,(H,23,26). The maximum Gasteiger partial charge on any atom is 0.409 e. The molecule has 1 aromatic carbocycles. The molecule has 1 unspecified atom stereocenters. The molecule has 1 fully saturated rings. The molecule has 0 bridgehead atoms. The van der Waals surface area contributed by atoms with E-state index in [4.69, 9.17) is 4.74 Å². The number of rotatable bonds is 5. The van der Waals surface area contributed by atoms with Gasteiger partial charge in [0, 0.05) is 32.4 Å². The van der Waals surface area contributed by atoms with Crippen molar-refractivity contribution < 1.29 is 14.3 Å². The molecule has 7 heteroatoms. The van der Waals surface area contributed by atoms with E-state index in [1.165, 1.54) is 0 Å². The van der Waals surface area contributed by atoms with Crippen LogP contribution in [0.25, 0.3) is 0 Å². The molecule has 0 aliphatic carbocycles. The van der Waals surface area contributed by atoms with Gasteiger partial charge in [0.2, 0.25) is 0 Å². The number of aromatic nitrogens is 1. The van der Waals surface area contributed by atoms with Crippen LogP contribution in [0.1, 0.15) is 35.8 Å². The SMILES string of the molecule is CCOC(=O)N1CCN(c2ccc(C(=O)NC(C)c3ccccc3)cn2)CC1. The Balaban J connectivity index is 1.55. The third-order valence-corrected chi connectivity index (χ3v) is 4.79. The summed E-state index contributed by atoms with van der Waals surface area (Å²) in [5.41, 5.74) is 1.58. The Morgan fingerprint density at radius 2 is 1.82 bits per heavy atom. The molecule has 1 atom stereocenters. The molecular weight excluding hydrogens is 356 g/mol. The predicted molar refractivity (Wildman–Crippen MR) is 107 cm³/mol. The van der Waals surface area contributed by atoms with Crippen molar-refractivity contribution >= 4 is 17.8 Å². The van der Waals surface area contributed by atoms with Crippen LogP contribution in [0.3, 0.4) is 0 Å². The lowest BCUT2D eigenvalue weighted by Crippen LogP contribution is -2.49. The van der Waals surface area contributed by atoms with Crippen molar-refractivity contribution in [1.82, 2.24) is 15.2 Å². The minimum Gasteiger partial charge on any atom is -0.450 e. The minimum absolute atomic E-state index is 0.0793. The van der Waals surface area contributed by atoms with Crippen LogP contribution in [0, 0.1) is 0 Å². The van der Waals surface area contributed by atoms with Crippen LogP contribution in [0.4, 0.5) is 10.6 Å². The van der Waals surface area contributed by atoms with Crippen molar-refractivity contribution in [3.8, 4) is 0 Å². The molecule has 0 spiro atoms. The molecule has 2 heterocycles. The van der Waals surface area contributed by atoms with E-state index < -0.39 is 0 Å². The van der Waals surface area contributed by atoms with Gasteiger partial charge in [0.15, 0.2) is 0 Å². The summed E-state index contributed by atoms with van der Waals surface area (Å²) < 4.78 is 5.04. The Morgan fingerprint density at radius 3 is 2.43 bits per heavy atom. The highest BCUT2D eigenvalue weighted by atomic mass is 16.6. The lowest BCUT2D eigenvalue weighted by atomic mass is 10.1. The van der Waals surface area contributed by atoms with Crippen LogP contribution < -0.4 is 10.2 Å². The Morgan fingerprint density at radius 1 is 1.11 bits per heavy atom. The molecule has 2 aromatic rings. The first-order chi connectivity index (χ1) is 13.6. The molecule has 1 aromatic heterocycles. The van der Waals surface area contributed by atoms with Crippen LogP contribution >= 0.6 is 0 Å². The van der Waals surface area contributed by atoms with E-state index in [0.29, 0.717) is 38.3 Å². The average Bonchev–Trinajstić information content (AvgIpc) is 2.74. The second-order valence-electron chi connectivity index (χ2n) is 6.68. The summed E-state index contributed by atoms with van der Waals surface area (Å²) in [5.74, 6) is 0.652. The molecule has 0 radical (unpaired) electrons. The van der Waals surface area contributed by atoms with Crippen molar-refractivity contribution in [1.29, 1.82) is 0 Å². The van der Waals surface area contributed by atoms with E-state index in [0.717, 1.165) is 11.4 Å². The summed E-state index contributed by atoms with van der Waals surface area (Å²) in [6.07, 6.45) is 1.33. The van der Waals surface area contributed by atoms with Gasteiger partial charge in [-0.05, 0) is 31.5 Å². The first-order valence-corrected chi connectivity index (χ1v) is 9.57. The zero-order valence-electron chi connectivity index (χ0n) is 16.3. The van der Waals surface area contributed by atoms with E-state index in [9.17, 15) is 9.59 Å². The Bertz CT molecular complexity index is 787. The highest BCUT2D eigenvalue weighted by Crippen LogP contribution is 2.16. The maximum atomic E-state index is 12.5. The van der Waals surface area contributed by atoms with Crippen molar-refractivity contribution in [3.05, 3.63) is 59.8 Å². The molecule has 2 amide bonds. The van der Waals surface area contributed by atoms with E-state index in [1.54, 1.807) is 24.1 Å². The van der Waals surface area contributed by atoms with Crippen molar-refractivity contribution in [2.45, 2.75) is 19.9 Å². The molecule has 1 saturated heterocycles. The molecule has 7 nitrogen and oxygen atoms in total. The number of hydrogen-bond acceptors (Lipinski definition) is 5. The van der Waals surface area contributed by atoms with Gasteiger partial charge in [-0.15, -0.1) is 0 Å². The Labute approximate surface area is 165 Å². The zero-order chi connectivity index (χ0) is 19.9. The molecular formula is C21H26N4O3. The summed E-state index contributed by atoms with van der Waals surface area (Å²) >= 11 is 0. The van der Waals surface area contributed by atoms with E-state index >= 15 is 0 Å². The lowest BCUT2D eigenvalue weighted by molar-refractivity contribution is 0.0938. The van der Waals surface area contributed by atoms with Gasteiger partial charge >= 0.3 is 6.09 Å². The third-order valence-electron chi connectivity index (χ3n) is 4.79. The Hall–Kier alpha value is -3.09. The second-order valence-corrected chi connectivity index (χ2v) is 6.68. The number of carbonyl (C=O) groups excluding carboxylic acids is 2. The summed E-state index contributed by atoms with van der Waals surface area (Å²) in [6, 6.07) is 13.4. The Kier molecular flexibility index (Phi) is 6.47. The molecule has 28 heavy (non-hydrogen) atoms. The zero-order valence-corrected chi connectivity index (χ0v) is 16.3. The number of hydrogen-bond donors (Lipinski definition) is 1. The van der Waals surface area contributed by atoms with Gasteiger partial charge in [0.05, 0.1) is 18.2 Å². The van der Waals surface area contributed by atoms with Crippen molar-refractivity contribution in [3.63, 3.8) is 0 Å². The first kappa shape index (κ1) is 19.7. The van der Waals surface area contributed by atoms with Crippen LogP contribution in [0.2, 0.25) is 0 Å². The van der Waals surface area contributed by atoms with Crippen LogP contribution in [0.15, 0.2) is 48.7 Å². The van der Waals surface area contributed by atoms with Gasteiger partial charge in [0.1, 0.15) is 5.82 Å². The average molecular weight is 382 g/mol. The highest BCUT2D eigenvalue weighted by Gasteiger charge is 2.22. The third kappa shape index (κ3) is 4.79. The number of piperazine rings is 1. The monoisotopic (exact) mass is 382 g/mol. The first-order valence-electron chi connectivity index (χ1n) is 9.57. The van der Waals surface area contributed by atoms with Gasteiger partial charge in [-0.25, -0.2) is 9.78 Å². The van der Waals surface area contributed by atoms with E-state index in [2.05, 4.69) is 15.2 Å². The maximum absolute atomic E-state index is 12.5. The predicted octanol–water partition coefficient (Wildman–Crippen LogP) is 2.85. The van der Waals surface area contributed by atoms with Crippen molar-refractivity contribution in [2.24, 2.45) is 0 Å². The number of nitrogens with one attached hydrogen (secondary N) is 1. The second kappa shape index (κ2) is 9.21. The number of nitrogens with zero attached hydrogens (tertiary/aromatic N) is 3. The lowest BCUT2D eigenvalue weighted by Gasteiger charge is -2.34. The van der Waals surface area contributed by atoms with Gasteiger partial charge in [0.25, 0.3) is 5.91 Å². The van der Waals surface area contributed by atoms with Gasteiger partial charge in [-0.2, -0.15) is 0 Å². The largest absolute Gasteiger partial charge is 0.450 e. The topological polar surface area (TPSA) is 74.8 Å². The molecule has 0 saturated carbocycles. The number of carbonyl (C=O) groups is 2. The van der Waals surface area contributed by atoms with E-state index in [-0.39, 0.29) is 18.0 Å². The summed E-state index contributed by atoms with van der Waals surface area (Å²) in [4.78, 5) is 32.5. The van der Waals surface area contributed by atoms with Crippen LogP contribution in [0.5, 0.6) is 0 Å². The molecule has 1 N–H and O–H groups in total. The van der Waals surface area contributed by atoms with Crippen LogP contribution in [-0.2, 0) is 4.74 Å². The highest BCUT2D eigenvalue weighted by molar-refractivity contribution is 5.94. The number of anilines is 1. The van der Waals surface area contributed by atoms with E-state index in [1.807, 2.05) is 43.3 Å².